The van der Waals surface area contributed by atoms with Gasteiger partial charge in [-0.05, 0) is 36.8 Å². The molecule has 0 saturated carbocycles. The summed E-state index contributed by atoms with van der Waals surface area (Å²) in [5, 5.41) is 11.8. The fraction of sp³-hybridized carbons (Fsp3) is 0.167. The Hall–Kier alpha value is -3.00. The minimum absolute atomic E-state index is 0.125. The highest BCUT2D eigenvalue weighted by molar-refractivity contribution is 6.12. The van der Waals surface area contributed by atoms with Crippen molar-refractivity contribution in [3.8, 4) is 6.07 Å². The molecule has 0 radical (unpaired) electrons. The Balaban J connectivity index is 2.11. The van der Waals surface area contributed by atoms with Crippen molar-refractivity contribution in [2.24, 2.45) is 5.92 Å². The number of amides is 1. The summed E-state index contributed by atoms with van der Waals surface area (Å²) in [5.41, 5.74) is 0.993. The van der Waals surface area contributed by atoms with Crippen LogP contribution in [0.3, 0.4) is 0 Å². The van der Waals surface area contributed by atoms with Gasteiger partial charge in [0.1, 0.15) is 5.82 Å². The molecule has 0 fully saturated rings. The van der Waals surface area contributed by atoms with Crippen molar-refractivity contribution in [2.75, 3.05) is 0 Å². The van der Waals surface area contributed by atoms with Gasteiger partial charge in [-0.3, -0.25) is 9.59 Å². The lowest BCUT2D eigenvalue weighted by atomic mass is 9.97. The maximum atomic E-state index is 12.9. The second kappa shape index (κ2) is 7.32. The van der Waals surface area contributed by atoms with Crippen LogP contribution in [0.25, 0.3) is 0 Å². The van der Waals surface area contributed by atoms with E-state index in [-0.39, 0.29) is 11.6 Å². The first kappa shape index (κ1) is 16.4. The molecule has 5 heteroatoms. The lowest BCUT2D eigenvalue weighted by Crippen LogP contribution is -2.36. The van der Waals surface area contributed by atoms with Crippen LogP contribution in [0.2, 0.25) is 0 Å². The van der Waals surface area contributed by atoms with Crippen LogP contribution in [0, 0.1) is 23.1 Å². The molecule has 0 aromatic heterocycles. The van der Waals surface area contributed by atoms with Gasteiger partial charge >= 0.3 is 0 Å². The molecule has 2 atom stereocenters. The maximum absolute atomic E-state index is 12.9. The lowest BCUT2D eigenvalue weighted by molar-refractivity contribution is -0.122. The molecule has 1 N–H and O–H groups in total. The van der Waals surface area contributed by atoms with Crippen LogP contribution in [0.4, 0.5) is 4.39 Å². The first-order chi connectivity index (χ1) is 11.0. The number of nitrogens with one attached hydrogen (secondary N) is 1. The Bertz CT molecular complexity index is 736. The second-order valence-corrected chi connectivity index (χ2v) is 5.07. The number of carbonyl (C=O) groups excluding carboxylic acids is 2. The number of rotatable bonds is 5. The van der Waals surface area contributed by atoms with E-state index in [2.05, 4.69) is 5.32 Å². The summed E-state index contributed by atoms with van der Waals surface area (Å²) < 4.78 is 12.9. The van der Waals surface area contributed by atoms with E-state index in [4.69, 9.17) is 5.26 Å². The Morgan fingerprint density at radius 1 is 1.09 bits per heavy atom. The number of benzene rings is 2. The number of hydrogen-bond donors (Lipinski definition) is 1. The van der Waals surface area contributed by atoms with Gasteiger partial charge in [-0.2, -0.15) is 5.26 Å². The van der Waals surface area contributed by atoms with Gasteiger partial charge in [0.25, 0.3) is 0 Å². The van der Waals surface area contributed by atoms with Crippen molar-refractivity contribution < 1.29 is 14.0 Å². The van der Waals surface area contributed by atoms with Crippen LogP contribution in [0.15, 0.2) is 54.6 Å². The molecule has 2 rings (SSSR count). The van der Waals surface area contributed by atoms with Crippen LogP contribution in [0.5, 0.6) is 0 Å². The van der Waals surface area contributed by atoms with Gasteiger partial charge in [0, 0.05) is 5.56 Å². The summed E-state index contributed by atoms with van der Waals surface area (Å²) in [6.45, 7) is 1.77. The Morgan fingerprint density at radius 2 is 1.70 bits per heavy atom. The van der Waals surface area contributed by atoms with E-state index in [0.29, 0.717) is 0 Å². The maximum Gasteiger partial charge on any atom is 0.245 e. The van der Waals surface area contributed by atoms with Crippen molar-refractivity contribution in [2.45, 2.75) is 13.0 Å². The number of nitrogens with zero attached hydrogens (tertiary/aromatic N) is 1. The van der Waals surface area contributed by atoms with Crippen LogP contribution in [0.1, 0.15) is 28.9 Å². The lowest BCUT2D eigenvalue weighted by Gasteiger charge is -2.16. The van der Waals surface area contributed by atoms with Gasteiger partial charge < -0.3 is 5.32 Å². The second-order valence-electron chi connectivity index (χ2n) is 5.07. The summed E-state index contributed by atoms with van der Waals surface area (Å²) in [6.07, 6.45) is 0. The smallest absolute Gasteiger partial charge is 0.245 e. The number of carbonyl (C=O) groups is 2. The van der Waals surface area contributed by atoms with Gasteiger partial charge in [0.2, 0.25) is 5.91 Å². The van der Waals surface area contributed by atoms with Crippen LogP contribution in [-0.4, -0.2) is 11.7 Å². The van der Waals surface area contributed by atoms with E-state index >= 15 is 0 Å². The summed E-state index contributed by atoms with van der Waals surface area (Å²) in [5.74, 6) is -3.27. The molecule has 0 spiro atoms. The average molecular weight is 310 g/mol. The van der Waals surface area contributed by atoms with Crippen LogP contribution >= 0.6 is 0 Å². The van der Waals surface area contributed by atoms with Crippen molar-refractivity contribution >= 4 is 11.7 Å². The number of ketones is 1. The molecule has 1 amide bonds. The Kier molecular flexibility index (Phi) is 5.21. The molecule has 0 bridgehead atoms. The minimum Gasteiger partial charge on any atom is -0.348 e. The number of Topliss-reactive ketones (excluding diaryl/α,β-unsaturated/α-hetero) is 1. The van der Waals surface area contributed by atoms with Gasteiger partial charge in [0.15, 0.2) is 11.7 Å². The fourth-order valence-corrected chi connectivity index (χ4v) is 2.14. The third-order valence-corrected chi connectivity index (χ3v) is 3.44. The Morgan fingerprint density at radius 3 is 2.26 bits per heavy atom. The molecule has 0 heterocycles. The molecule has 23 heavy (non-hydrogen) atoms. The Labute approximate surface area is 133 Å². The number of hydrogen-bond acceptors (Lipinski definition) is 3. The third-order valence-electron chi connectivity index (χ3n) is 3.44. The highest BCUT2D eigenvalue weighted by atomic mass is 19.1. The van der Waals surface area contributed by atoms with E-state index < -0.39 is 23.4 Å². The summed E-state index contributed by atoms with van der Waals surface area (Å²) in [6, 6.07) is 15.3. The molecule has 4 nitrogen and oxygen atoms in total. The molecule has 2 aromatic rings. The summed E-state index contributed by atoms with van der Waals surface area (Å²) in [4.78, 5) is 24.5. The molecule has 0 aliphatic carbocycles. The summed E-state index contributed by atoms with van der Waals surface area (Å²) in [7, 11) is 0. The van der Waals surface area contributed by atoms with Crippen LogP contribution < -0.4 is 5.32 Å². The van der Waals surface area contributed by atoms with E-state index in [0.717, 1.165) is 17.7 Å². The van der Waals surface area contributed by atoms with Crippen LogP contribution in [-0.2, 0) is 4.79 Å². The monoisotopic (exact) mass is 310 g/mol. The quantitative estimate of drug-likeness (QED) is 0.681. The molecular weight excluding hydrogens is 295 g/mol. The standard InChI is InChI=1S/C18H15FN2O2/c1-12(13-5-3-2-4-6-13)21-18(23)16(11-20)17(22)14-7-9-15(19)10-8-14/h2-10,12,16H,1H3,(H,21,23)/t12-,16-/m1/s1. The third kappa shape index (κ3) is 4.01. The van der Waals surface area contributed by atoms with E-state index in [1.165, 1.54) is 12.1 Å². The normalized spacial score (nSPS) is 12.7. The highest BCUT2D eigenvalue weighted by Crippen LogP contribution is 2.14. The summed E-state index contributed by atoms with van der Waals surface area (Å²) >= 11 is 0. The predicted octanol–water partition coefficient (Wildman–Crippen LogP) is 3.03. The first-order valence-electron chi connectivity index (χ1n) is 7.07. The largest absolute Gasteiger partial charge is 0.348 e. The number of nitriles is 1. The molecule has 2 aromatic carbocycles. The highest BCUT2D eigenvalue weighted by Gasteiger charge is 2.28. The molecule has 0 unspecified atom stereocenters. The fourth-order valence-electron chi connectivity index (χ4n) is 2.14. The van der Waals surface area contributed by atoms with Crippen molar-refractivity contribution in [3.05, 3.63) is 71.5 Å². The van der Waals surface area contributed by atoms with Gasteiger partial charge in [-0.1, -0.05) is 30.3 Å². The van der Waals surface area contributed by atoms with E-state index in [9.17, 15) is 14.0 Å². The zero-order valence-corrected chi connectivity index (χ0v) is 12.5. The van der Waals surface area contributed by atoms with Crippen molar-refractivity contribution in [1.82, 2.24) is 5.32 Å². The topological polar surface area (TPSA) is 70.0 Å². The molecule has 0 aliphatic heterocycles. The van der Waals surface area contributed by atoms with Gasteiger partial charge in [0.05, 0.1) is 12.1 Å². The first-order valence-corrected chi connectivity index (χ1v) is 7.07. The minimum atomic E-state index is -1.47. The van der Waals surface area contributed by atoms with Gasteiger partial charge in [-0.25, -0.2) is 4.39 Å². The number of halogens is 1. The molecule has 116 valence electrons. The predicted molar refractivity (Wildman–Crippen MR) is 82.8 cm³/mol. The molecule has 0 aliphatic rings. The zero-order chi connectivity index (χ0) is 16.8. The molecular formula is C18H15FN2O2. The van der Waals surface area contributed by atoms with E-state index in [1.54, 1.807) is 13.0 Å². The average Bonchev–Trinajstić information content (AvgIpc) is 2.56. The zero-order valence-electron chi connectivity index (χ0n) is 12.5. The van der Waals surface area contributed by atoms with Crippen molar-refractivity contribution in [1.29, 1.82) is 5.26 Å². The SMILES string of the molecule is C[C@@H](NC(=O)[C@H](C#N)C(=O)c1ccc(F)cc1)c1ccccc1. The van der Waals surface area contributed by atoms with Crippen molar-refractivity contribution in [3.63, 3.8) is 0 Å². The van der Waals surface area contributed by atoms with Gasteiger partial charge in [-0.15, -0.1) is 0 Å². The van der Waals surface area contributed by atoms with E-state index in [1.807, 2.05) is 30.3 Å². The molecule has 0 saturated heterocycles.